The fourth-order valence-electron chi connectivity index (χ4n) is 1.15. The summed E-state index contributed by atoms with van der Waals surface area (Å²) in [6.07, 6.45) is 2.22. The molecule has 0 aliphatic rings. The van der Waals surface area contributed by atoms with Crippen molar-refractivity contribution in [2.75, 3.05) is 7.11 Å². The van der Waals surface area contributed by atoms with Crippen LogP contribution < -0.4 is 0 Å². The number of hydrogen-bond acceptors (Lipinski definition) is 4. The maximum absolute atomic E-state index is 9.37. The van der Waals surface area contributed by atoms with E-state index >= 15 is 0 Å². The lowest BCUT2D eigenvalue weighted by Crippen LogP contribution is -2.04. The van der Waals surface area contributed by atoms with Crippen LogP contribution in [0.5, 0.6) is 0 Å². The zero-order valence-corrected chi connectivity index (χ0v) is 8.14. The van der Waals surface area contributed by atoms with E-state index in [1.807, 2.05) is 0 Å². The molecular weight excluding hydrogens is 206 g/mol. The van der Waals surface area contributed by atoms with Gasteiger partial charge >= 0.3 is 0 Å². The summed E-state index contributed by atoms with van der Waals surface area (Å²) < 4.78 is 6.32. The van der Waals surface area contributed by atoms with Gasteiger partial charge in [0.05, 0.1) is 0 Å². The lowest BCUT2D eigenvalue weighted by molar-refractivity contribution is -0.0798. The number of imidazole rings is 1. The molecule has 1 N–H and O–H groups in total. The first-order valence-electron chi connectivity index (χ1n) is 3.92. The van der Waals surface area contributed by atoms with Crippen molar-refractivity contribution in [1.82, 2.24) is 14.4 Å². The van der Waals surface area contributed by atoms with E-state index in [0.29, 0.717) is 11.3 Å². The molecule has 2 rings (SSSR count). The van der Waals surface area contributed by atoms with Crippen LogP contribution in [0.1, 0.15) is 12.0 Å². The van der Waals surface area contributed by atoms with Crippen LogP contribution in [0.15, 0.2) is 18.5 Å². The number of aliphatic hydroxyl groups is 1. The van der Waals surface area contributed by atoms with Gasteiger partial charge in [-0.05, 0) is 11.6 Å². The van der Waals surface area contributed by atoms with Gasteiger partial charge in [-0.15, -0.1) is 0 Å². The van der Waals surface area contributed by atoms with Crippen LogP contribution in [0, 0.1) is 0 Å². The Morgan fingerprint density at radius 2 is 2.43 bits per heavy atom. The molecule has 14 heavy (non-hydrogen) atoms. The van der Waals surface area contributed by atoms with E-state index in [9.17, 15) is 5.11 Å². The van der Waals surface area contributed by atoms with Gasteiger partial charge in [0.1, 0.15) is 11.3 Å². The molecule has 1 unspecified atom stereocenters. The van der Waals surface area contributed by atoms with Crippen molar-refractivity contribution in [2.24, 2.45) is 0 Å². The monoisotopic (exact) mass is 213 g/mol. The summed E-state index contributed by atoms with van der Waals surface area (Å²) in [6, 6.07) is 1.61. The van der Waals surface area contributed by atoms with E-state index in [1.54, 1.807) is 22.9 Å². The predicted octanol–water partition coefficient (Wildman–Crippen LogP) is 1.02. The van der Waals surface area contributed by atoms with Gasteiger partial charge in [0.25, 0.3) is 0 Å². The SMILES string of the molecule is COC(O)c1cc2nccn2c(Cl)n1. The first-order chi connectivity index (χ1) is 6.72. The molecule has 2 heterocycles. The molecule has 0 saturated heterocycles. The summed E-state index contributed by atoms with van der Waals surface area (Å²) in [7, 11) is 1.38. The van der Waals surface area contributed by atoms with E-state index < -0.39 is 6.29 Å². The van der Waals surface area contributed by atoms with Crippen molar-refractivity contribution in [3.05, 3.63) is 29.4 Å². The third-order valence-corrected chi connectivity index (χ3v) is 2.11. The molecule has 1 atom stereocenters. The first-order valence-corrected chi connectivity index (χ1v) is 4.30. The second-order valence-corrected chi connectivity index (χ2v) is 3.03. The van der Waals surface area contributed by atoms with Crippen LogP contribution in [-0.4, -0.2) is 26.6 Å². The highest BCUT2D eigenvalue weighted by atomic mass is 35.5. The molecule has 0 aromatic carbocycles. The van der Waals surface area contributed by atoms with Crippen molar-refractivity contribution >= 4 is 17.2 Å². The van der Waals surface area contributed by atoms with E-state index in [2.05, 4.69) is 9.97 Å². The molecule has 0 amide bonds. The molecule has 0 aliphatic carbocycles. The number of fused-ring (bicyclic) bond motifs is 1. The number of methoxy groups -OCH3 is 1. The van der Waals surface area contributed by atoms with E-state index in [-0.39, 0.29) is 5.28 Å². The van der Waals surface area contributed by atoms with Gasteiger partial charge in [-0.1, -0.05) is 0 Å². The quantitative estimate of drug-likeness (QED) is 0.598. The smallest absolute Gasteiger partial charge is 0.208 e. The molecular formula is C8H8ClN3O2. The van der Waals surface area contributed by atoms with Crippen LogP contribution in [0.4, 0.5) is 0 Å². The summed E-state index contributed by atoms with van der Waals surface area (Å²) in [5.74, 6) is 0. The molecule has 74 valence electrons. The molecule has 2 aromatic heterocycles. The van der Waals surface area contributed by atoms with Crippen molar-refractivity contribution < 1.29 is 9.84 Å². The normalized spacial score (nSPS) is 13.4. The van der Waals surface area contributed by atoms with Crippen LogP contribution in [0.25, 0.3) is 5.65 Å². The summed E-state index contributed by atoms with van der Waals surface area (Å²) >= 11 is 5.85. The highest BCUT2D eigenvalue weighted by Gasteiger charge is 2.11. The van der Waals surface area contributed by atoms with Crippen molar-refractivity contribution in [3.8, 4) is 0 Å². The minimum Gasteiger partial charge on any atom is -0.363 e. The fourth-order valence-corrected chi connectivity index (χ4v) is 1.39. The van der Waals surface area contributed by atoms with Gasteiger partial charge in [-0.3, -0.25) is 4.40 Å². The molecule has 0 saturated carbocycles. The largest absolute Gasteiger partial charge is 0.363 e. The van der Waals surface area contributed by atoms with Crippen molar-refractivity contribution in [1.29, 1.82) is 0 Å². The third kappa shape index (κ3) is 1.45. The average Bonchev–Trinajstić information content (AvgIpc) is 2.64. The Bertz CT molecular complexity index is 457. The van der Waals surface area contributed by atoms with Gasteiger partial charge in [0, 0.05) is 25.6 Å². The number of aromatic nitrogens is 3. The van der Waals surface area contributed by atoms with Crippen molar-refractivity contribution in [2.45, 2.75) is 6.29 Å². The van der Waals surface area contributed by atoms with Gasteiger partial charge in [-0.2, -0.15) is 0 Å². The van der Waals surface area contributed by atoms with Crippen LogP contribution >= 0.6 is 11.6 Å². The zero-order valence-electron chi connectivity index (χ0n) is 7.38. The highest BCUT2D eigenvalue weighted by Crippen LogP contribution is 2.16. The fraction of sp³-hybridized carbons (Fsp3) is 0.250. The van der Waals surface area contributed by atoms with Crippen LogP contribution in [0.3, 0.4) is 0 Å². The Balaban J connectivity index is 2.58. The first kappa shape index (κ1) is 9.39. The Morgan fingerprint density at radius 3 is 3.14 bits per heavy atom. The van der Waals surface area contributed by atoms with Crippen molar-refractivity contribution in [3.63, 3.8) is 0 Å². The highest BCUT2D eigenvalue weighted by molar-refractivity contribution is 6.28. The summed E-state index contributed by atoms with van der Waals surface area (Å²) in [4.78, 5) is 7.99. The minimum atomic E-state index is -1.07. The third-order valence-electron chi connectivity index (χ3n) is 1.84. The van der Waals surface area contributed by atoms with E-state index in [1.165, 1.54) is 7.11 Å². The molecule has 0 radical (unpaired) electrons. The van der Waals surface area contributed by atoms with Gasteiger partial charge < -0.3 is 9.84 Å². The van der Waals surface area contributed by atoms with Gasteiger partial charge in [0.2, 0.25) is 5.28 Å². The second kappa shape index (κ2) is 3.53. The lowest BCUT2D eigenvalue weighted by atomic mass is 10.4. The minimum absolute atomic E-state index is 0.242. The Hall–Kier alpha value is -1.17. The molecule has 0 aliphatic heterocycles. The number of hydrogen-bond donors (Lipinski definition) is 1. The maximum Gasteiger partial charge on any atom is 0.208 e. The molecule has 0 spiro atoms. The molecule has 5 nitrogen and oxygen atoms in total. The lowest BCUT2D eigenvalue weighted by Gasteiger charge is -2.08. The Labute approximate surface area is 84.9 Å². The zero-order chi connectivity index (χ0) is 10.1. The summed E-state index contributed by atoms with van der Waals surface area (Å²) in [5, 5.41) is 9.61. The van der Waals surface area contributed by atoms with Gasteiger partial charge in [0.15, 0.2) is 6.29 Å². The Morgan fingerprint density at radius 1 is 1.64 bits per heavy atom. The van der Waals surface area contributed by atoms with E-state index in [0.717, 1.165) is 0 Å². The topological polar surface area (TPSA) is 59.7 Å². The summed E-state index contributed by atoms with van der Waals surface area (Å²) in [5.41, 5.74) is 0.965. The number of ether oxygens (including phenoxy) is 1. The average molecular weight is 214 g/mol. The molecule has 0 bridgehead atoms. The Kier molecular flexibility index (Phi) is 2.37. The number of rotatable bonds is 2. The predicted molar refractivity (Wildman–Crippen MR) is 50.0 cm³/mol. The number of aliphatic hydroxyl groups excluding tert-OH is 1. The molecule has 2 aromatic rings. The van der Waals surface area contributed by atoms with E-state index in [4.69, 9.17) is 16.3 Å². The van der Waals surface area contributed by atoms with Crippen LogP contribution in [-0.2, 0) is 4.74 Å². The number of halogens is 1. The molecule has 6 heteroatoms. The second-order valence-electron chi connectivity index (χ2n) is 2.69. The maximum atomic E-state index is 9.37. The number of nitrogens with zero attached hydrogens (tertiary/aromatic N) is 3. The summed E-state index contributed by atoms with van der Waals surface area (Å²) in [6.45, 7) is 0. The standard InChI is InChI=1S/C8H8ClN3O2/c1-14-7(13)5-4-6-10-2-3-12(6)8(9)11-5/h2-4,7,13H,1H3. The van der Waals surface area contributed by atoms with Gasteiger partial charge in [-0.25, -0.2) is 9.97 Å². The molecule has 0 fully saturated rings. The van der Waals surface area contributed by atoms with Crippen LogP contribution in [0.2, 0.25) is 5.28 Å².